The van der Waals surface area contributed by atoms with Crippen LogP contribution in [0.15, 0.2) is 24.9 Å². The van der Waals surface area contributed by atoms with Crippen LogP contribution in [0.3, 0.4) is 0 Å². The van der Waals surface area contributed by atoms with Gasteiger partial charge in [-0.2, -0.15) is 0 Å². The number of carboxylic acid groups (broad SMARTS) is 1. The van der Waals surface area contributed by atoms with Crippen LogP contribution in [-0.2, 0) is 0 Å². The molecule has 0 aliphatic rings. The quantitative estimate of drug-likeness (QED) is 0.661. The number of fused-ring (bicyclic) bond motifs is 1. The van der Waals surface area contributed by atoms with E-state index in [0.717, 1.165) is 0 Å². The number of nitrogens with zero attached hydrogens (tertiary/aromatic N) is 3. The summed E-state index contributed by atoms with van der Waals surface area (Å²) in [5, 5.41) is 8.71. The molecule has 0 aromatic carbocycles. The minimum Gasteiger partial charge on any atom is -0.477 e. The van der Waals surface area contributed by atoms with Gasteiger partial charge in [0, 0.05) is 0 Å². The fourth-order valence-electron chi connectivity index (χ4n) is 1.01. The van der Waals surface area contributed by atoms with Gasteiger partial charge in [-0.15, -0.1) is 0 Å². The highest BCUT2D eigenvalue weighted by Gasteiger charge is 2.07. The van der Waals surface area contributed by atoms with Crippen molar-refractivity contribution in [3.8, 4) is 0 Å². The summed E-state index contributed by atoms with van der Waals surface area (Å²) in [6.45, 7) is 0. The van der Waals surface area contributed by atoms with Gasteiger partial charge in [0.1, 0.15) is 0 Å². The molecule has 2 aromatic rings. The van der Waals surface area contributed by atoms with Crippen molar-refractivity contribution in [2.75, 3.05) is 0 Å². The molecular formula is C7H5N3O2. The molecule has 2 heterocycles. The van der Waals surface area contributed by atoms with Crippen LogP contribution in [0.2, 0.25) is 0 Å². The van der Waals surface area contributed by atoms with Crippen LogP contribution in [0.25, 0.3) is 5.52 Å². The van der Waals surface area contributed by atoms with E-state index >= 15 is 0 Å². The highest BCUT2D eigenvalue weighted by atomic mass is 16.4. The lowest BCUT2D eigenvalue weighted by Gasteiger charge is -1.97. The SMILES string of the molecule is O=C(O)c1cncc2cncn12. The zero-order chi connectivity index (χ0) is 8.55. The van der Waals surface area contributed by atoms with Crippen molar-refractivity contribution < 1.29 is 9.90 Å². The van der Waals surface area contributed by atoms with Crippen molar-refractivity contribution in [3.63, 3.8) is 0 Å². The predicted octanol–water partition coefficient (Wildman–Crippen LogP) is 0.427. The second-order valence-electron chi connectivity index (χ2n) is 2.29. The third-order valence-corrected chi connectivity index (χ3v) is 1.55. The Bertz CT molecular complexity index is 435. The van der Waals surface area contributed by atoms with Gasteiger partial charge in [-0.25, -0.2) is 9.78 Å². The van der Waals surface area contributed by atoms with Crippen LogP contribution in [0.4, 0.5) is 0 Å². The number of hydrogen-bond acceptors (Lipinski definition) is 3. The van der Waals surface area contributed by atoms with E-state index in [9.17, 15) is 4.79 Å². The van der Waals surface area contributed by atoms with Crippen LogP contribution >= 0.6 is 0 Å². The number of aromatic carboxylic acids is 1. The monoisotopic (exact) mass is 163 g/mol. The summed E-state index contributed by atoms with van der Waals surface area (Å²) in [6.07, 6.45) is 5.84. The average Bonchev–Trinajstić information content (AvgIpc) is 2.49. The summed E-state index contributed by atoms with van der Waals surface area (Å²) in [7, 11) is 0. The van der Waals surface area contributed by atoms with E-state index < -0.39 is 5.97 Å². The Balaban J connectivity index is 2.82. The number of imidazole rings is 1. The summed E-state index contributed by atoms with van der Waals surface area (Å²) in [5.41, 5.74) is 0.792. The Kier molecular flexibility index (Phi) is 1.30. The lowest BCUT2D eigenvalue weighted by atomic mass is 10.4. The molecule has 0 aliphatic carbocycles. The topological polar surface area (TPSA) is 67.5 Å². The van der Waals surface area contributed by atoms with Crippen molar-refractivity contribution in [2.45, 2.75) is 0 Å². The van der Waals surface area contributed by atoms with Gasteiger partial charge in [0.25, 0.3) is 0 Å². The first-order valence-corrected chi connectivity index (χ1v) is 3.28. The number of hydrogen-bond donors (Lipinski definition) is 1. The number of carboxylic acids is 1. The van der Waals surface area contributed by atoms with E-state index in [4.69, 9.17) is 5.11 Å². The van der Waals surface area contributed by atoms with Gasteiger partial charge in [0.15, 0.2) is 5.69 Å². The normalized spacial score (nSPS) is 10.3. The van der Waals surface area contributed by atoms with E-state index in [2.05, 4.69) is 9.97 Å². The number of aromatic nitrogens is 3. The maximum Gasteiger partial charge on any atom is 0.354 e. The summed E-state index contributed by atoms with van der Waals surface area (Å²) in [6, 6.07) is 0. The van der Waals surface area contributed by atoms with Gasteiger partial charge < -0.3 is 5.11 Å². The van der Waals surface area contributed by atoms with Gasteiger partial charge in [0.05, 0.1) is 30.4 Å². The van der Waals surface area contributed by atoms with Gasteiger partial charge in [-0.3, -0.25) is 9.38 Å². The smallest absolute Gasteiger partial charge is 0.354 e. The molecule has 0 aliphatic heterocycles. The molecule has 0 unspecified atom stereocenters. The maximum absolute atomic E-state index is 10.6. The Morgan fingerprint density at radius 2 is 2.08 bits per heavy atom. The van der Waals surface area contributed by atoms with E-state index in [-0.39, 0.29) is 5.69 Å². The fraction of sp³-hybridized carbons (Fsp3) is 0. The Morgan fingerprint density at radius 3 is 2.83 bits per heavy atom. The van der Waals surface area contributed by atoms with Crippen molar-refractivity contribution in [3.05, 3.63) is 30.6 Å². The van der Waals surface area contributed by atoms with Gasteiger partial charge in [-0.1, -0.05) is 0 Å². The van der Waals surface area contributed by atoms with Crippen LogP contribution in [0, 0.1) is 0 Å². The van der Waals surface area contributed by atoms with E-state index in [1.165, 1.54) is 16.9 Å². The molecule has 5 nitrogen and oxygen atoms in total. The Morgan fingerprint density at radius 1 is 1.33 bits per heavy atom. The first kappa shape index (κ1) is 6.78. The highest BCUT2D eigenvalue weighted by Crippen LogP contribution is 2.03. The maximum atomic E-state index is 10.6. The summed E-state index contributed by atoms with van der Waals surface area (Å²) in [4.78, 5) is 18.2. The molecule has 1 N–H and O–H groups in total. The zero-order valence-electron chi connectivity index (χ0n) is 6.01. The van der Waals surface area contributed by atoms with Crippen LogP contribution < -0.4 is 0 Å². The van der Waals surface area contributed by atoms with E-state index in [0.29, 0.717) is 5.52 Å². The van der Waals surface area contributed by atoms with Gasteiger partial charge in [-0.05, 0) is 0 Å². The van der Waals surface area contributed by atoms with E-state index in [1.807, 2.05) is 0 Å². The Labute approximate surface area is 67.3 Å². The first-order chi connectivity index (χ1) is 5.79. The Hall–Kier alpha value is -1.91. The standard InChI is InChI=1S/C7H5N3O2/c11-7(12)6-3-8-1-5-2-9-4-10(5)6/h1-4H,(H,11,12). The van der Waals surface area contributed by atoms with Crippen molar-refractivity contribution >= 4 is 11.5 Å². The molecule has 0 saturated heterocycles. The molecule has 0 saturated carbocycles. The molecule has 0 atom stereocenters. The van der Waals surface area contributed by atoms with Crippen LogP contribution in [0.5, 0.6) is 0 Å². The molecule has 0 amide bonds. The largest absolute Gasteiger partial charge is 0.477 e. The van der Waals surface area contributed by atoms with Crippen molar-refractivity contribution in [1.82, 2.24) is 14.4 Å². The van der Waals surface area contributed by atoms with Crippen molar-refractivity contribution in [2.24, 2.45) is 0 Å². The molecule has 12 heavy (non-hydrogen) atoms. The number of rotatable bonds is 1. The molecule has 5 heteroatoms. The van der Waals surface area contributed by atoms with Gasteiger partial charge >= 0.3 is 5.97 Å². The van der Waals surface area contributed by atoms with Crippen LogP contribution in [-0.4, -0.2) is 25.4 Å². The zero-order valence-corrected chi connectivity index (χ0v) is 6.01. The third kappa shape index (κ3) is 0.833. The molecule has 0 spiro atoms. The number of carbonyl (C=O) groups is 1. The molecule has 2 aromatic heterocycles. The third-order valence-electron chi connectivity index (χ3n) is 1.55. The van der Waals surface area contributed by atoms with Gasteiger partial charge in [0.2, 0.25) is 0 Å². The summed E-state index contributed by atoms with van der Waals surface area (Å²) in [5.74, 6) is -1.01. The summed E-state index contributed by atoms with van der Waals surface area (Å²) >= 11 is 0. The predicted molar refractivity (Wildman–Crippen MR) is 39.9 cm³/mol. The minimum atomic E-state index is -1.01. The second-order valence-corrected chi connectivity index (χ2v) is 2.29. The fourth-order valence-corrected chi connectivity index (χ4v) is 1.01. The second kappa shape index (κ2) is 2.30. The molecule has 0 radical (unpaired) electrons. The first-order valence-electron chi connectivity index (χ1n) is 3.28. The van der Waals surface area contributed by atoms with E-state index in [1.54, 1.807) is 12.4 Å². The molecule has 2 rings (SSSR count). The van der Waals surface area contributed by atoms with Crippen molar-refractivity contribution in [1.29, 1.82) is 0 Å². The average molecular weight is 163 g/mol. The lowest BCUT2D eigenvalue weighted by Crippen LogP contribution is -2.04. The van der Waals surface area contributed by atoms with Crippen LogP contribution in [0.1, 0.15) is 10.5 Å². The molecule has 60 valence electrons. The summed E-state index contributed by atoms with van der Waals surface area (Å²) < 4.78 is 1.47. The minimum absolute atomic E-state index is 0.116. The molecule has 0 bridgehead atoms. The highest BCUT2D eigenvalue weighted by molar-refractivity contribution is 5.86. The molecular weight excluding hydrogens is 158 g/mol. The molecule has 0 fully saturated rings. The lowest BCUT2D eigenvalue weighted by molar-refractivity contribution is 0.0688.